The van der Waals surface area contributed by atoms with Crippen LogP contribution in [0.25, 0.3) is 0 Å². The maximum Gasteiger partial charge on any atom is 0.0475 e. The molecule has 0 N–H and O–H groups in total. The second kappa shape index (κ2) is 10.8. The third-order valence-corrected chi connectivity index (χ3v) is 4.36. The van der Waals surface area contributed by atoms with Crippen LogP contribution in [0.15, 0.2) is 24.4 Å². The minimum absolute atomic E-state index is 0.243. The van der Waals surface area contributed by atoms with E-state index in [-0.39, 0.29) is 5.41 Å². The van der Waals surface area contributed by atoms with E-state index in [4.69, 9.17) is 4.74 Å². The van der Waals surface area contributed by atoms with Crippen LogP contribution in [0, 0.1) is 0 Å². The summed E-state index contributed by atoms with van der Waals surface area (Å²) in [4.78, 5) is 4.66. The molecule has 1 fully saturated rings. The molecule has 0 spiro atoms. The molecule has 0 aromatic carbocycles. The lowest BCUT2D eigenvalue weighted by molar-refractivity contribution is 0.0982. The van der Waals surface area contributed by atoms with Crippen LogP contribution >= 0.6 is 0 Å². The van der Waals surface area contributed by atoms with Gasteiger partial charge in [0.1, 0.15) is 0 Å². The summed E-state index contributed by atoms with van der Waals surface area (Å²) in [6.07, 6.45) is 12.0. The second-order valence-corrected chi connectivity index (χ2v) is 5.77. The Labute approximate surface area is 131 Å². The first-order valence-electron chi connectivity index (χ1n) is 8.87. The van der Waals surface area contributed by atoms with Gasteiger partial charge in [-0.05, 0) is 37.8 Å². The van der Waals surface area contributed by atoms with Crippen LogP contribution in [0.3, 0.4) is 0 Å². The van der Waals surface area contributed by atoms with E-state index in [1.54, 1.807) is 0 Å². The zero-order chi connectivity index (χ0) is 15.4. The Hall–Kier alpha value is -0.890. The van der Waals surface area contributed by atoms with E-state index >= 15 is 0 Å². The molecule has 2 heterocycles. The molecular weight excluding hydrogens is 258 g/mol. The lowest BCUT2D eigenvalue weighted by Crippen LogP contribution is -2.29. The molecule has 0 aliphatic carbocycles. The van der Waals surface area contributed by atoms with Crippen molar-refractivity contribution in [3.63, 3.8) is 0 Å². The molecule has 1 aliphatic rings. The minimum atomic E-state index is 0.243. The summed E-state index contributed by atoms with van der Waals surface area (Å²) in [5, 5.41) is 0. The number of nitrogens with zero attached hydrogens (tertiary/aromatic N) is 1. The van der Waals surface area contributed by atoms with Crippen molar-refractivity contribution in [3.05, 3.63) is 30.1 Å². The monoisotopic (exact) mass is 291 g/mol. The number of pyridine rings is 1. The first kappa shape index (κ1) is 18.2. The van der Waals surface area contributed by atoms with Gasteiger partial charge >= 0.3 is 0 Å². The van der Waals surface area contributed by atoms with Crippen molar-refractivity contribution in [1.29, 1.82) is 0 Å². The van der Waals surface area contributed by atoms with Gasteiger partial charge in [0, 0.05) is 30.5 Å². The fourth-order valence-electron chi connectivity index (χ4n) is 3.30. The summed E-state index contributed by atoms with van der Waals surface area (Å²) in [6, 6.07) is 6.35. The quantitative estimate of drug-likeness (QED) is 0.732. The molecule has 21 heavy (non-hydrogen) atoms. The Morgan fingerprint density at radius 1 is 1.05 bits per heavy atom. The maximum atomic E-state index is 5.81. The van der Waals surface area contributed by atoms with E-state index in [0.717, 1.165) is 19.6 Å². The lowest BCUT2D eigenvalue weighted by atomic mass is 9.73. The van der Waals surface area contributed by atoms with Crippen molar-refractivity contribution in [3.8, 4) is 0 Å². The maximum absolute atomic E-state index is 5.81. The Morgan fingerprint density at radius 2 is 1.86 bits per heavy atom. The van der Waals surface area contributed by atoms with Crippen LogP contribution in [-0.2, 0) is 10.2 Å². The average Bonchev–Trinajstić information content (AvgIpc) is 2.56. The van der Waals surface area contributed by atoms with Crippen molar-refractivity contribution in [2.75, 3.05) is 13.2 Å². The van der Waals surface area contributed by atoms with Crippen LogP contribution in [0.4, 0.5) is 0 Å². The normalized spacial score (nSPS) is 23.8. The van der Waals surface area contributed by atoms with Gasteiger partial charge in [-0.2, -0.15) is 0 Å². The van der Waals surface area contributed by atoms with Crippen molar-refractivity contribution >= 4 is 0 Å². The number of hydrogen-bond acceptors (Lipinski definition) is 2. The van der Waals surface area contributed by atoms with Crippen molar-refractivity contribution in [2.45, 2.75) is 77.6 Å². The van der Waals surface area contributed by atoms with Gasteiger partial charge in [0.05, 0.1) is 0 Å². The molecule has 2 nitrogen and oxygen atoms in total. The molecule has 1 atom stereocenters. The van der Waals surface area contributed by atoms with Crippen molar-refractivity contribution < 1.29 is 4.74 Å². The third kappa shape index (κ3) is 5.78. The van der Waals surface area contributed by atoms with Gasteiger partial charge < -0.3 is 4.74 Å². The summed E-state index contributed by atoms with van der Waals surface area (Å²) < 4.78 is 5.81. The number of hydrogen-bond donors (Lipinski definition) is 0. The molecule has 1 aliphatic heterocycles. The highest BCUT2D eigenvalue weighted by atomic mass is 16.5. The summed E-state index contributed by atoms with van der Waals surface area (Å²) in [5.74, 6) is 0. The van der Waals surface area contributed by atoms with E-state index in [0.29, 0.717) is 0 Å². The highest BCUT2D eigenvalue weighted by Crippen LogP contribution is 2.37. The fourth-order valence-corrected chi connectivity index (χ4v) is 3.30. The van der Waals surface area contributed by atoms with Gasteiger partial charge in [0.15, 0.2) is 0 Å². The van der Waals surface area contributed by atoms with E-state index in [2.05, 4.69) is 24.0 Å². The van der Waals surface area contributed by atoms with Crippen LogP contribution in [0.5, 0.6) is 0 Å². The van der Waals surface area contributed by atoms with E-state index < -0.39 is 0 Å². The van der Waals surface area contributed by atoms with Crippen molar-refractivity contribution in [2.24, 2.45) is 0 Å². The molecule has 1 saturated heterocycles. The summed E-state index contributed by atoms with van der Waals surface area (Å²) in [7, 11) is 0. The number of aromatic nitrogens is 1. The first-order chi connectivity index (χ1) is 10.4. The molecule has 2 rings (SSSR count). The Morgan fingerprint density at radius 3 is 2.57 bits per heavy atom. The highest BCUT2D eigenvalue weighted by Gasteiger charge is 2.32. The molecule has 2 heteroatoms. The van der Waals surface area contributed by atoms with Gasteiger partial charge in [-0.25, -0.2) is 0 Å². The topological polar surface area (TPSA) is 22.1 Å². The van der Waals surface area contributed by atoms with Crippen LogP contribution < -0.4 is 0 Å². The zero-order valence-corrected chi connectivity index (χ0v) is 14.2. The Balaban J connectivity index is 0.00000106. The molecule has 0 radical (unpaired) electrons. The van der Waals surface area contributed by atoms with Crippen LogP contribution in [0.2, 0.25) is 0 Å². The van der Waals surface area contributed by atoms with Crippen LogP contribution in [0.1, 0.15) is 77.8 Å². The van der Waals surface area contributed by atoms with Crippen molar-refractivity contribution in [1.82, 2.24) is 4.98 Å². The Kier molecular flexibility index (Phi) is 9.32. The zero-order valence-electron chi connectivity index (χ0n) is 14.2. The largest absolute Gasteiger partial charge is 0.381 e. The number of rotatable bonds is 3. The summed E-state index contributed by atoms with van der Waals surface area (Å²) in [6.45, 7) is 8.10. The second-order valence-electron chi connectivity index (χ2n) is 5.77. The minimum Gasteiger partial charge on any atom is -0.381 e. The molecule has 1 unspecified atom stereocenters. The van der Waals surface area contributed by atoms with Gasteiger partial charge in [-0.3, -0.25) is 4.98 Å². The highest BCUT2D eigenvalue weighted by molar-refractivity contribution is 5.17. The fraction of sp³-hybridized carbons (Fsp3) is 0.737. The average molecular weight is 291 g/mol. The van der Waals surface area contributed by atoms with Gasteiger partial charge in [-0.15, -0.1) is 0 Å². The number of ether oxygens (including phenoxy) is 1. The standard InChI is InChI=1S/C17H27NO.C2H6/c1-2-10-17(16-9-5-7-13-18-16)11-6-3-4-8-14-19-15-12-17;1-2/h5,7,9,13H,2-4,6,8,10-12,14-15H2,1H3;1-2H3. The molecule has 1 aromatic rings. The lowest BCUT2D eigenvalue weighted by Gasteiger charge is -2.34. The van der Waals surface area contributed by atoms with Gasteiger partial charge in [-0.1, -0.05) is 52.5 Å². The predicted molar refractivity (Wildman–Crippen MR) is 90.7 cm³/mol. The third-order valence-electron chi connectivity index (χ3n) is 4.36. The summed E-state index contributed by atoms with van der Waals surface area (Å²) >= 11 is 0. The first-order valence-corrected chi connectivity index (χ1v) is 8.87. The van der Waals surface area contributed by atoms with E-state index in [1.807, 2.05) is 26.1 Å². The molecule has 0 saturated carbocycles. The Bertz CT molecular complexity index is 340. The predicted octanol–water partition coefficient (Wildman–Crippen LogP) is 5.52. The SMILES string of the molecule is CC.CCCC1(c2ccccn2)CCCCCCOCC1. The molecule has 1 aromatic heterocycles. The summed E-state index contributed by atoms with van der Waals surface area (Å²) in [5.41, 5.74) is 1.52. The smallest absolute Gasteiger partial charge is 0.0475 e. The van der Waals surface area contributed by atoms with E-state index in [1.165, 1.54) is 50.6 Å². The van der Waals surface area contributed by atoms with Gasteiger partial charge in [0.25, 0.3) is 0 Å². The van der Waals surface area contributed by atoms with E-state index in [9.17, 15) is 0 Å². The molecule has 0 amide bonds. The van der Waals surface area contributed by atoms with Gasteiger partial charge in [0.2, 0.25) is 0 Å². The molecule has 120 valence electrons. The molecule has 0 bridgehead atoms. The van der Waals surface area contributed by atoms with Crippen LogP contribution in [-0.4, -0.2) is 18.2 Å². The molecular formula is C19H33NO.